The number of amides is 1. The first-order valence-corrected chi connectivity index (χ1v) is 6.80. The number of aliphatic carboxylic acids is 1. The quantitative estimate of drug-likeness (QED) is 0.886. The molecule has 1 heterocycles. The fourth-order valence-corrected chi connectivity index (χ4v) is 2.68. The fourth-order valence-electron chi connectivity index (χ4n) is 2.68. The molecule has 1 aromatic rings. The number of carboxylic acids is 1. The average molecular weight is 293 g/mol. The summed E-state index contributed by atoms with van der Waals surface area (Å²) < 4.78 is 10.5. The van der Waals surface area contributed by atoms with Crippen LogP contribution in [0.2, 0.25) is 0 Å². The van der Waals surface area contributed by atoms with Gasteiger partial charge in [0, 0.05) is 12.1 Å². The van der Waals surface area contributed by atoms with Gasteiger partial charge in [-0.1, -0.05) is 6.07 Å². The lowest BCUT2D eigenvalue weighted by Crippen LogP contribution is -2.41. The molecule has 1 aliphatic heterocycles. The van der Waals surface area contributed by atoms with Crippen LogP contribution in [0.1, 0.15) is 18.4 Å². The highest BCUT2D eigenvalue weighted by Crippen LogP contribution is 2.30. The Balaban J connectivity index is 2.21. The Morgan fingerprint density at radius 3 is 2.43 bits per heavy atom. The van der Waals surface area contributed by atoms with Crippen molar-refractivity contribution in [3.63, 3.8) is 0 Å². The normalized spacial score (nSPS) is 17.6. The standard InChI is InChI=1S/C15H19NO5/c1-20-12-6-3-7-13(21-2)10(12)9-14(17)16-8-4-5-11(16)15(18)19/h3,6-7,11H,4-5,8-9H2,1-2H3,(H,18,19). The van der Waals surface area contributed by atoms with Crippen LogP contribution in [0.3, 0.4) is 0 Å². The maximum Gasteiger partial charge on any atom is 0.326 e. The number of ether oxygens (including phenoxy) is 2. The van der Waals surface area contributed by atoms with Crippen molar-refractivity contribution in [1.82, 2.24) is 4.90 Å². The number of methoxy groups -OCH3 is 2. The van der Waals surface area contributed by atoms with E-state index in [0.717, 1.165) is 0 Å². The molecule has 0 radical (unpaired) electrons. The second-order valence-corrected chi connectivity index (χ2v) is 4.90. The molecule has 0 spiro atoms. The highest BCUT2D eigenvalue weighted by molar-refractivity contribution is 5.86. The van der Waals surface area contributed by atoms with E-state index in [1.54, 1.807) is 18.2 Å². The van der Waals surface area contributed by atoms with Gasteiger partial charge in [-0.05, 0) is 25.0 Å². The number of carbonyl (C=O) groups is 2. The molecule has 114 valence electrons. The van der Waals surface area contributed by atoms with Crippen LogP contribution in [-0.2, 0) is 16.0 Å². The Hall–Kier alpha value is -2.24. The summed E-state index contributed by atoms with van der Waals surface area (Å²) in [4.78, 5) is 25.0. The van der Waals surface area contributed by atoms with Crippen LogP contribution in [0.15, 0.2) is 18.2 Å². The van der Waals surface area contributed by atoms with Crippen molar-refractivity contribution in [3.8, 4) is 11.5 Å². The zero-order valence-corrected chi connectivity index (χ0v) is 12.2. The molecule has 1 fully saturated rings. The van der Waals surface area contributed by atoms with Gasteiger partial charge < -0.3 is 19.5 Å². The zero-order valence-electron chi connectivity index (χ0n) is 12.2. The number of hydrogen-bond donors (Lipinski definition) is 1. The Bertz CT molecular complexity index is 521. The summed E-state index contributed by atoms with van der Waals surface area (Å²) >= 11 is 0. The third kappa shape index (κ3) is 3.09. The molecular formula is C15H19NO5. The average Bonchev–Trinajstić information content (AvgIpc) is 2.97. The predicted molar refractivity (Wildman–Crippen MR) is 75.6 cm³/mol. The molecule has 0 bridgehead atoms. The van der Waals surface area contributed by atoms with Gasteiger partial charge in [-0.3, -0.25) is 4.79 Å². The molecule has 1 atom stereocenters. The summed E-state index contributed by atoms with van der Waals surface area (Å²) in [7, 11) is 3.05. The van der Waals surface area contributed by atoms with E-state index in [1.165, 1.54) is 19.1 Å². The Morgan fingerprint density at radius 2 is 1.90 bits per heavy atom. The third-order valence-electron chi connectivity index (χ3n) is 3.72. The van der Waals surface area contributed by atoms with Crippen molar-refractivity contribution in [3.05, 3.63) is 23.8 Å². The van der Waals surface area contributed by atoms with Crippen LogP contribution in [0.4, 0.5) is 0 Å². The maximum atomic E-state index is 12.4. The van der Waals surface area contributed by atoms with Gasteiger partial charge in [-0.2, -0.15) is 0 Å². The van der Waals surface area contributed by atoms with Crippen molar-refractivity contribution in [2.75, 3.05) is 20.8 Å². The third-order valence-corrected chi connectivity index (χ3v) is 3.72. The number of hydrogen-bond acceptors (Lipinski definition) is 4. The first-order valence-electron chi connectivity index (χ1n) is 6.80. The molecule has 6 nitrogen and oxygen atoms in total. The lowest BCUT2D eigenvalue weighted by atomic mass is 10.1. The molecule has 1 unspecified atom stereocenters. The molecule has 0 aliphatic carbocycles. The highest BCUT2D eigenvalue weighted by Gasteiger charge is 2.34. The molecule has 1 aliphatic rings. The largest absolute Gasteiger partial charge is 0.496 e. The molecule has 1 N–H and O–H groups in total. The van der Waals surface area contributed by atoms with Crippen LogP contribution >= 0.6 is 0 Å². The van der Waals surface area contributed by atoms with E-state index in [4.69, 9.17) is 14.6 Å². The van der Waals surface area contributed by atoms with Crippen LogP contribution < -0.4 is 9.47 Å². The lowest BCUT2D eigenvalue weighted by Gasteiger charge is -2.22. The molecule has 2 rings (SSSR count). The fraction of sp³-hybridized carbons (Fsp3) is 0.467. The van der Waals surface area contributed by atoms with E-state index in [0.29, 0.717) is 36.4 Å². The molecule has 21 heavy (non-hydrogen) atoms. The minimum Gasteiger partial charge on any atom is -0.496 e. The summed E-state index contributed by atoms with van der Waals surface area (Å²) in [5.41, 5.74) is 0.642. The summed E-state index contributed by atoms with van der Waals surface area (Å²) in [6.07, 6.45) is 1.28. The Kier molecular flexibility index (Phi) is 4.67. The van der Waals surface area contributed by atoms with E-state index in [-0.39, 0.29) is 12.3 Å². The SMILES string of the molecule is COc1cccc(OC)c1CC(=O)N1CCCC1C(=O)O. The van der Waals surface area contributed by atoms with Gasteiger partial charge in [0.1, 0.15) is 17.5 Å². The monoisotopic (exact) mass is 293 g/mol. The smallest absolute Gasteiger partial charge is 0.326 e. The van der Waals surface area contributed by atoms with E-state index >= 15 is 0 Å². The lowest BCUT2D eigenvalue weighted by molar-refractivity contribution is -0.148. The first-order chi connectivity index (χ1) is 10.1. The minimum absolute atomic E-state index is 0.0664. The van der Waals surface area contributed by atoms with Gasteiger partial charge in [0.15, 0.2) is 0 Å². The van der Waals surface area contributed by atoms with Crippen molar-refractivity contribution in [1.29, 1.82) is 0 Å². The number of carbonyl (C=O) groups excluding carboxylic acids is 1. The summed E-state index contributed by atoms with van der Waals surface area (Å²) in [5.74, 6) is -0.0434. The number of likely N-dealkylation sites (tertiary alicyclic amines) is 1. The summed E-state index contributed by atoms with van der Waals surface area (Å²) in [5, 5.41) is 9.16. The second kappa shape index (κ2) is 6.47. The van der Waals surface area contributed by atoms with Gasteiger partial charge in [0.2, 0.25) is 5.91 Å². The van der Waals surface area contributed by atoms with Gasteiger partial charge in [0.25, 0.3) is 0 Å². The number of nitrogens with zero attached hydrogens (tertiary/aromatic N) is 1. The maximum absolute atomic E-state index is 12.4. The molecule has 1 saturated heterocycles. The number of carboxylic acid groups (broad SMARTS) is 1. The highest BCUT2D eigenvalue weighted by atomic mass is 16.5. The Labute approximate surface area is 123 Å². The molecule has 1 amide bonds. The zero-order chi connectivity index (χ0) is 15.4. The molecule has 0 aromatic heterocycles. The minimum atomic E-state index is -0.951. The van der Waals surface area contributed by atoms with Crippen molar-refractivity contribution >= 4 is 11.9 Å². The van der Waals surface area contributed by atoms with Crippen LogP contribution in [0.5, 0.6) is 11.5 Å². The van der Waals surface area contributed by atoms with Crippen molar-refractivity contribution in [2.45, 2.75) is 25.3 Å². The molecular weight excluding hydrogens is 274 g/mol. The first kappa shape index (κ1) is 15.2. The number of benzene rings is 1. The summed E-state index contributed by atoms with van der Waals surface area (Å²) in [6.45, 7) is 0.479. The van der Waals surface area contributed by atoms with E-state index in [1.807, 2.05) is 0 Å². The second-order valence-electron chi connectivity index (χ2n) is 4.90. The van der Waals surface area contributed by atoms with Crippen LogP contribution in [0.25, 0.3) is 0 Å². The molecule has 6 heteroatoms. The van der Waals surface area contributed by atoms with Crippen molar-refractivity contribution < 1.29 is 24.2 Å². The van der Waals surface area contributed by atoms with E-state index < -0.39 is 12.0 Å². The van der Waals surface area contributed by atoms with Crippen molar-refractivity contribution in [2.24, 2.45) is 0 Å². The van der Waals surface area contributed by atoms with Gasteiger partial charge in [0.05, 0.1) is 20.6 Å². The van der Waals surface area contributed by atoms with E-state index in [2.05, 4.69) is 0 Å². The van der Waals surface area contributed by atoms with Gasteiger partial charge >= 0.3 is 5.97 Å². The molecule has 0 saturated carbocycles. The van der Waals surface area contributed by atoms with Gasteiger partial charge in [-0.15, -0.1) is 0 Å². The van der Waals surface area contributed by atoms with Gasteiger partial charge in [-0.25, -0.2) is 4.79 Å². The number of rotatable bonds is 5. The predicted octanol–water partition coefficient (Wildman–Crippen LogP) is 1.32. The Morgan fingerprint density at radius 1 is 1.29 bits per heavy atom. The van der Waals surface area contributed by atoms with E-state index in [9.17, 15) is 9.59 Å². The van der Waals surface area contributed by atoms with Crippen LogP contribution in [-0.4, -0.2) is 48.7 Å². The summed E-state index contributed by atoms with van der Waals surface area (Å²) in [6, 6.07) is 4.56. The topological polar surface area (TPSA) is 76.1 Å². The van der Waals surface area contributed by atoms with Crippen LogP contribution in [0, 0.1) is 0 Å². The molecule has 1 aromatic carbocycles.